The fraction of sp³-hybridized carbons (Fsp3) is 0.500. The molecule has 98 valence electrons. The maximum atomic E-state index is 12.2. The smallest absolute Gasteiger partial charge is 0.343 e. The van der Waals surface area contributed by atoms with Crippen LogP contribution >= 0.6 is 0 Å². The second-order valence-electron chi connectivity index (χ2n) is 5.05. The van der Waals surface area contributed by atoms with Crippen molar-refractivity contribution in [3.05, 3.63) is 35.9 Å². The van der Waals surface area contributed by atoms with Crippen LogP contribution in [0.4, 0.5) is 0 Å². The molecular weight excluding hydrogens is 232 g/mol. The summed E-state index contributed by atoms with van der Waals surface area (Å²) in [7, 11) is 1.35. The minimum absolute atomic E-state index is 0.113. The predicted octanol–water partition coefficient (Wildman–Crippen LogP) is 1.47. The molecule has 2 atom stereocenters. The minimum Gasteiger partial charge on any atom is -0.467 e. The number of esters is 1. The third-order valence-electron chi connectivity index (χ3n) is 3.85. The van der Waals surface area contributed by atoms with Crippen LogP contribution in [0.15, 0.2) is 30.3 Å². The number of hydrogen-bond donors (Lipinski definition) is 1. The minimum atomic E-state index is -1.13. The van der Waals surface area contributed by atoms with E-state index in [0.29, 0.717) is 0 Å². The molecule has 0 saturated carbocycles. The number of ether oxygens (including phenoxy) is 2. The zero-order chi connectivity index (χ0) is 13.4. The van der Waals surface area contributed by atoms with Gasteiger partial charge in [0.25, 0.3) is 0 Å². The highest BCUT2D eigenvalue weighted by molar-refractivity contribution is 5.84. The van der Waals surface area contributed by atoms with E-state index in [2.05, 4.69) is 0 Å². The first-order valence-electron chi connectivity index (χ1n) is 5.93. The molecular formula is C14H18O4. The lowest BCUT2D eigenvalue weighted by molar-refractivity contribution is -0.315. The molecule has 1 aromatic carbocycles. The van der Waals surface area contributed by atoms with Crippen LogP contribution in [-0.2, 0) is 19.9 Å². The van der Waals surface area contributed by atoms with Crippen LogP contribution in [0.1, 0.15) is 19.4 Å². The Morgan fingerprint density at radius 1 is 1.39 bits per heavy atom. The number of benzene rings is 1. The molecule has 0 spiro atoms. The van der Waals surface area contributed by atoms with Gasteiger partial charge in [0.1, 0.15) is 0 Å². The van der Waals surface area contributed by atoms with Crippen molar-refractivity contribution in [2.45, 2.75) is 25.6 Å². The number of carbonyl (C=O) groups is 1. The van der Waals surface area contributed by atoms with Gasteiger partial charge in [0.05, 0.1) is 19.8 Å². The average molecular weight is 250 g/mol. The molecule has 1 N–H and O–H groups in total. The van der Waals surface area contributed by atoms with Crippen molar-refractivity contribution in [1.29, 1.82) is 0 Å². The first-order chi connectivity index (χ1) is 8.50. The van der Waals surface area contributed by atoms with Crippen molar-refractivity contribution in [3.63, 3.8) is 0 Å². The third kappa shape index (κ3) is 1.49. The first-order valence-corrected chi connectivity index (χ1v) is 5.93. The number of methoxy groups -OCH3 is 1. The molecule has 2 rings (SSSR count). The van der Waals surface area contributed by atoms with Gasteiger partial charge in [-0.2, -0.15) is 0 Å². The van der Waals surface area contributed by atoms with Gasteiger partial charge in [-0.25, -0.2) is 4.79 Å². The largest absolute Gasteiger partial charge is 0.467 e. The van der Waals surface area contributed by atoms with Gasteiger partial charge < -0.3 is 14.6 Å². The molecule has 1 aliphatic heterocycles. The normalized spacial score (nSPS) is 29.4. The zero-order valence-electron chi connectivity index (χ0n) is 10.8. The lowest BCUT2D eigenvalue weighted by Gasteiger charge is -2.58. The molecule has 0 amide bonds. The summed E-state index contributed by atoms with van der Waals surface area (Å²) in [6.45, 7) is 3.70. The topological polar surface area (TPSA) is 55.8 Å². The van der Waals surface area contributed by atoms with E-state index >= 15 is 0 Å². The van der Waals surface area contributed by atoms with Gasteiger partial charge in [0, 0.05) is 5.41 Å². The van der Waals surface area contributed by atoms with Gasteiger partial charge in [0.15, 0.2) is 5.60 Å². The summed E-state index contributed by atoms with van der Waals surface area (Å²) in [5.41, 5.74) is -0.890. The second kappa shape index (κ2) is 4.37. The van der Waals surface area contributed by atoms with E-state index in [1.807, 2.05) is 44.2 Å². The van der Waals surface area contributed by atoms with Crippen molar-refractivity contribution in [3.8, 4) is 0 Å². The highest BCUT2D eigenvalue weighted by Crippen LogP contribution is 2.56. The predicted molar refractivity (Wildman–Crippen MR) is 65.9 cm³/mol. The fourth-order valence-corrected chi connectivity index (χ4v) is 2.63. The van der Waals surface area contributed by atoms with Gasteiger partial charge in [-0.1, -0.05) is 44.2 Å². The molecule has 0 aliphatic carbocycles. The van der Waals surface area contributed by atoms with Crippen LogP contribution in [0.3, 0.4) is 0 Å². The lowest BCUT2D eigenvalue weighted by Crippen LogP contribution is -2.69. The standard InChI is InChI=1S/C14H18O4/c1-13(2)11(9-15)18-14(13,12(16)17-3)10-7-5-4-6-8-10/h4-8,11,15H,9H2,1-3H3/t11-,14-/m0/s1. The highest BCUT2D eigenvalue weighted by Gasteiger charge is 2.67. The van der Waals surface area contributed by atoms with Crippen molar-refractivity contribution in [2.75, 3.05) is 13.7 Å². The Morgan fingerprint density at radius 2 is 2.00 bits per heavy atom. The summed E-state index contributed by atoms with van der Waals surface area (Å²) < 4.78 is 10.6. The van der Waals surface area contributed by atoms with Crippen molar-refractivity contribution in [2.24, 2.45) is 5.41 Å². The van der Waals surface area contributed by atoms with Crippen molar-refractivity contribution < 1.29 is 19.4 Å². The van der Waals surface area contributed by atoms with E-state index < -0.39 is 17.0 Å². The number of aliphatic hydroxyl groups is 1. The Balaban J connectivity index is 2.49. The molecule has 1 saturated heterocycles. The summed E-state index contributed by atoms with van der Waals surface area (Å²) in [6.07, 6.45) is -0.364. The van der Waals surface area contributed by atoms with Crippen LogP contribution in [0.5, 0.6) is 0 Å². The van der Waals surface area contributed by atoms with E-state index in [1.165, 1.54) is 7.11 Å². The second-order valence-corrected chi connectivity index (χ2v) is 5.05. The number of aliphatic hydroxyl groups excluding tert-OH is 1. The van der Waals surface area contributed by atoms with Gasteiger partial charge in [0.2, 0.25) is 0 Å². The summed E-state index contributed by atoms with van der Waals surface area (Å²) in [5, 5.41) is 9.28. The maximum Gasteiger partial charge on any atom is 0.343 e. The third-order valence-corrected chi connectivity index (χ3v) is 3.85. The van der Waals surface area contributed by atoms with Gasteiger partial charge in [-0.3, -0.25) is 0 Å². The summed E-state index contributed by atoms with van der Waals surface area (Å²) in [4.78, 5) is 12.2. The number of carbonyl (C=O) groups excluding carboxylic acids is 1. The molecule has 1 aromatic rings. The van der Waals surface area contributed by atoms with Crippen LogP contribution in [-0.4, -0.2) is 30.9 Å². The zero-order valence-corrected chi connectivity index (χ0v) is 10.8. The lowest BCUT2D eigenvalue weighted by atomic mass is 9.62. The van der Waals surface area contributed by atoms with Gasteiger partial charge >= 0.3 is 5.97 Å². The van der Waals surface area contributed by atoms with Crippen molar-refractivity contribution >= 4 is 5.97 Å². The van der Waals surface area contributed by atoms with Crippen molar-refractivity contribution in [1.82, 2.24) is 0 Å². The monoisotopic (exact) mass is 250 g/mol. The summed E-state index contributed by atoms with van der Waals surface area (Å²) >= 11 is 0. The molecule has 0 aromatic heterocycles. The molecule has 1 heterocycles. The molecule has 1 aliphatic rings. The van der Waals surface area contributed by atoms with Crippen LogP contribution in [0.25, 0.3) is 0 Å². The van der Waals surface area contributed by atoms with Crippen LogP contribution in [0.2, 0.25) is 0 Å². The number of rotatable bonds is 3. The number of hydrogen-bond acceptors (Lipinski definition) is 4. The quantitative estimate of drug-likeness (QED) is 0.825. The van der Waals surface area contributed by atoms with E-state index in [9.17, 15) is 9.90 Å². The molecule has 0 radical (unpaired) electrons. The highest BCUT2D eigenvalue weighted by atomic mass is 16.6. The molecule has 18 heavy (non-hydrogen) atoms. The van der Waals surface area contributed by atoms with Crippen LogP contribution < -0.4 is 0 Å². The maximum absolute atomic E-state index is 12.2. The van der Waals surface area contributed by atoms with E-state index in [0.717, 1.165) is 5.56 Å². The van der Waals surface area contributed by atoms with Gasteiger partial charge in [-0.05, 0) is 5.56 Å². The fourth-order valence-electron chi connectivity index (χ4n) is 2.63. The van der Waals surface area contributed by atoms with Crippen LogP contribution in [0, 0.1) is 5.41 Å². The Labute approximate surface area is 107 Å². The van der Waals surface area contributed by atoms with Gasteiger partial charge in [-0.15, -0.1) is 0 Å². The Morgan fingerprint density at radius 3 is 2.44 bits per heavy atom. The Hall–Kier alpha value is -1.39. The van der Waals surface area contributed by atoms with E-state index in [4.69, 9.17) is 9.47 Å². The molecule has 4 nitrogen and oxygen atoms in total. The summed E-state index contributed by atoms with van der Waals surface area (Å²) in [6, 6.07) is 9.26. The summed E-state index contributed by atoms with van der Waals surface area (Å²) in [5.74, 6) is -0.427. The Kier molecular flexibility index (Phi) is 3.17. The molecule has 1 fully saturated rings. The van der Waals surface area contributed by atoms with E-state index in [1.54, 1.807) is 0 Å². The molecule has 4 heteroatoms. The van der Waals surface area contributed by atoms with E-state index in [-0.39, 0.29) is 12.7 Å². The molecule has 0 bridgehead atoms. The SMILES string of the molecule is COC(=O)[C@]1(c2ccccc2)O[C@@H](CO)C1(C)C. The average Bonchev–Trinajstić information content (AvgIpc) is 2.39. The first kappa shape index (κ1) is 13.1. The Bertz CT molecular complexity index is 440. The molecule has 0 unspecified atom stereocenters.